The van der Waals surface area contributed by atoms with Crippen LogP contribution in [0.1, 0.15) is 22.8 Å². The van der Waals surface area contributed by atoms with Crippen LogP contribution in [0.4, 0.5) is 0 Å². The Bertz CT molecular complexity index is 449. The number of phenolic OH excluding ortho intramolecular Hbond substituents is 1. The lowest BCUT2D eigenvalue weighted by molar-refractivity contribution is 0.0770. The van der Waals surface area contributed by atoms with Gasteiger partial charge < -0.3 is 10.0 Å². The van der Waals surface area contributed by atoms with Crippen molar-refractivity contribution in [3.8, 4) is 11.8 Å². The standard InChI is InChI=1S/C12H14N2O2/c1-8-5-4-6-10(11(8)15)12(16)14(3)9(2)7-13/h4-6,9,15H,1-3H3. The van der Waals surface area contributed by atoms with Gasteiger partial charge in [-0.3, -0.25) is 4.79 Å². The molecule has 0 aliphatic carbocycles. The van der Waals surface area contributed by atoms with Gasteiger partial charge in [-0.05, 0) is 25.5 Å². The minimum Gasteiger partial charge on any atom is -0.507 e. The molecule has 1 amide bonds. The van der Waals surface area contributed by atoms with Gasteiger partial charge in [0.05, 0.1) is 11.6 Å². The zero-order valence-electron chi connectivity index (χ0n) is 9.56. The highest BCUT2D eigenvalue weighted by atomic mass is 16.3. The van der Waals surface area contributed by atoms with E-state index in [0.717, 1.165) is 0 Å². The molecule has 4 heteroatoms. The van der Waals surface area contributed by atoms with Gasteiger partial charge in [-0.2, -0.15) is 5.26 Å². The number of phenols is 1. The van der Waals surface area contributed by atoms with Gasteiger partial charge in [0, 0.05) is 7.05 Å². The van der Waals surface area contributed by atoms with Crippen LogP contribution in [0.5, 0.6) is 5.75 Å². The number of hydrogen-bond acceptors (Lipinski definition) is 3. The van der Waals surface area contributed by atoms with E-state index >= 15 is 0 Å². The zero-order valence-corrected chi connectivity index (χ0v) is 9.56. The van der Waals surface area contributed by atoms with E-state index in [1.165, 1.54) is 11.9 Å². The van der Waals surface area contributed by atoms with Gasteiger partial charge in [0.1, 0.15) is 11.8 Å². The quantitative estimate of drug-likeness (QED) is 0.821. The molecule has 0 bridgehead atoms. The average molecular weight is 218 g/mol. The number of aryl methyl sites for hydroxylation is 1. The highest BCUT2D eigenvalue weighted by Crippen LogP contribution is 2.22. The molecular formula is C12H14N2O2. The minimum absolute atomic E-state index is 0.0236. The minimum atomic E-state index is -0.521. The Morgan fingerprint density at radius 2 is 2.19 bits per heavy atom. The Morgan fingerprint density at radius 3 is 2.75 bits per heavy atom. The first-order valence-corrected chi connectivity index (χ1v) is 4.94. The molecule has 0 spiro atoms. The molecule has 16 heavy (non-hydrogen) atoms. The fraction of sp³-hybridized carbons (Fsp3) is 0.333. The predicted octanol–water partition coefficient (Wildman–Crippen LogP) is 1.68. The van der Waals surface area contributed by atoms with E-state index in [9.17, 15) is 9.90 Å². The summed E-state index contributed by atoms with van der Waals surface area (Å²) in [4.78, 5) is 13.2. The molecule has 0 aliphatic rings. The number of carbonyl (C=O) groups is 1. The van der Waals surface area contributed by atoms with Crippen LogP contribution in [0.2, 0.25) is 0 Å². The van der Waals surface area contributed by atoms with E-state index in [1.54, 1.807) is 32.0 Å². The number of rotatable bonds is 2. The van der Waals surface area contributed by atoms with Crippen LogP contribution >= 0.6 is 0 Å². The van der Waals surface area contributed by atoms with Crippen molar-refractivity contribution in [3.05, 3.63) is 29.3 Å². The molecule has 84 valence electrons. The van der Waals surface area contributed by atoms with Crippen LogP contribution in [0.25, 0.3) is 0 Å². The summed E-state index contributed by atoms with van der Waals surface area (Å²) in [6.45, 7) is 3.35. The maximum atomic E-state index is 11.9. The first-order chi connectivity index (χ1) is 7.49. The molecule has 1 rings (SSSR count). The average Bonchev–Trinajstić information content (AvgIpc) is 2.29. The van der Waals surface area contributed by atoms with E-state index in [0.29, 0.717) is 5.56 Å². The molecule has 0 heterocycles. The van der Waals surface area contributed by atoms with Crippen molar-refractivity contribution in [1.29, 1.82) is 5.26 Å². The Labute approximate surface area is 94.7 Å². The molecule has 0 aromatic heterocycles. The molecule has 0 fully saturated rings. The molecular weight excluding hydrogens is 204 g/mol. The van der Waals surface area contributed by atoms with Gasteiger partial charge in [0.25, 0.3) is 5.91 Å². The summed E-state index contributed by atoms with van der Waals surface area (Å²) in [7, 11) is 1.54. The van der Waals surface area contributed by atoms with Gasteiger partial charge in [-0.1, -0.05) is 12.1 Å². The molecule has 1 aromatic carbocycles. The Morgan fingerprint density at radius 1 is 1.56 bits per heavy atom. The molecule has 0 saturated heterocycles. The molecule has 1 N–H and O–H groups in total. The van der Waals surface area contributed by atoms with E-state index in [1.807, 2.05) is 6.07 Å². The molecule has 1 aromatic rings. The molecule has 0 aliphatic heterocycles. The topological polar surface area (TPSA) is 64.3 Å². The number of carbonyl (C=O) groups excluding carboxylic acids is 1. The van der Waals surface area contributed by atoms with Gasteiger partial charge in [0.2, 0.25) is 0 Å². The molecule has 1 unspecified atom stereocenters. The van der Waals surface area contributed by atoms with Crippen molar-refractivity contribution in [2.24, 2.45) is 0 Å². The number of nitriles is 1. The summed E-state index contributed by atoms with van der Waals surface area (Å²) in [5.41, 5.74) is 0.869. The summed E-state index contributed by atoms with van der Waals surface area (Å²) in [5.74, 6) is -0.375. The summed E-state index contributed by atoms with van der Waals surface area (Å²) < 4.78 is 0. The van der Waals surface area contributed by atoms with Crippen LogP contribution < -0.4 is 0 Å². The van der Waals surface area contributed by atoms with Crippen LogP contribution in [0.3, 0.4) is 0 Å². The monoisotopic (exact) mass is 218 g/mol. The van der Waals surface area contributed by atoms with Crippen molar-refractivity contribution in [1.82, 2.24) is 4.90 Å². The third-order valence-corrected chi connectivity index (χ3v) is 2.56. The Kier molecular flexibility index (Phi) is 3.51. The first-order valence-electron chi connectivity index (χ1n) is 4.94. The van der Waals surface area contributed by atoms with Crippen molar-refractivity contribution in [3.63, 3.8) is 0 Å². The van der Waals surface area contributed by atoms with E-state index < -0.39 is 6.04 Å². The van der Waals surface area contributed by atoms with Crippen LogP contribution in [-0.2, 0) is 0 Å². The molecule has 4 nitrogen and oxygen atoms in total. The zero-order chi connectivity index (χ0) is 12.3. The predicted molar refractivity (Wildman–Crippen MR) is 60.0 cm³/mol. The van der Waals surface area contributed by atoms with Crippen LogP contribution in [0.15, 0.2) is 18.2 Å². The van der Waals surface area contributed by atoms with Crippen molar-refractivity contribution in [2.45, 2.75) is 19.9 Å². The number of amides is 1. The Hall–Kier alpha value is -2.02. The lowest BCUT2D eigenvalue weighted by atomic mass is 10.1. The molecule has 0 saturated carbocycles. The Balaban J connectivity index is 3.07. The van der Waals surface area contributed by atoms with Crippen molar-refractivity contribution >= 4 is 5.91 Å². The number of aromatic hydroxyl groups is 1. The smallest absolute Gasteiger partial charge is 0.258 e. The summed E-state index contributed by atoms with van der Waals surface area (Å²) >= 11 is 0. The van der Waals surface area contributed by atoms with Gasteiger partial charge >= 0.3 is 0 Å². The van der Waals surface area contributed by atoms with Crippen molar-refractivity contribution < 1.29 is 9.90 Å². The first kappa shape index (κ1) is 12.1. The maximum Gasteiger partial charge on any atom is 0.258 e. The fourth-order valence-corrected chi connectivity index (χ4v) is 1.28. The van der Waals surface area contributed by atoms with Gasteiger partial charge in [0.15, 0.2) is 0 Å². The lowest BCUT2D eigenvalue weighted by Crippen LogP contribution is -2.34. The lowest BCUT2D eigenvalue weighted by Gasteiger charge is -2.20. The third-order valence-electron chi connectivity index (χ3n) is 2.56. The van der Waals surface area contributed by atoms with E-state index in [2.05, 4.69) is 0 Å². The number of benzene rings is 1. The highest BCUT2D eigenvalue weighted by Gasteiger charge is 2.20. The fourth-order valence-electron chi connectivity index (χ4n) is 1.28. The SMILES string of the molecule is Cc1cccc(C(=O)N(C)C(C)C#N)c1O. The number of nitrogens with zero attached hydrogens (tertiary/aromatic N) is 2. The van der Waals surface area contributed by atoms with E-state index in [-0.39, 0.29) is 17.2 Å². The summed E-state index contributed by atoms with van der Waals surface area (Å²) in [5, 5.41) is 18.5. The maximum absolute atomic E-state index is 11.9. The van der Waals surface area contributed by atoms with Gasteiger partial charge in [-0.25, -0.2) is 0 Å². The normalized spacial score (nSPS) is 11.6. The second kappa shape index (κ2) is 4.67. The third kappa shape index (κ3) is 2.14. The highest BCUT2D eigenvalue weighted by molar-refractivity contribution is 5.97. The number of hydrogen-bond donors (Lipinski definition) is 1. The van der Waals surface area contributed by atoms with Crippen molar-refractivity contribution in [2.75, 3.05) is 7.05 Å². The molecule has 0 radical (unpaired) electrons. The van der Waals surface area contributed by atoms with Crippen LogP contribution in [0, 0.1) is 18.3 Å². The summed E-state index contributed by atoms with van der Waals surface area (Å²) in [6, 6.07) is 6.42. The molecule has 1 atom stereocenters. The van der Waals surface area contributed by atoms with E-state index in [4.69, 9.17) is 5.26 Å². The van der Waals surface area contributed by atoms with Crippen LogP contribution in [-0.4, -0.2) is 29.0 Å². The number of para-hydroxylation sites is 1. The largest absolute Gasteiger partial charge is 0.507 e. The van der Waals surface area contributed by atoms with Gasteiger partial charge in [-0.15, -0.1) is 0 Å². The second-order valence-corrected chi connectivity index (χ2v) is 3.69. The summed E-state index contributed by atoms with van der Waals surface area (Å²) in [6.07, 6.45) is 0. The second-order valence-electron chi connectivity index (χ2n) is 3.69.